The van der Waals surface area contributed by atoms with Crippen molar-refractivity contribution >= 4 is 27.5 Å². The van der Waals surface area contributed by atoms with E-state index in [1.165, 1.54) is 4.31 Å². The number of ketones is 1. The average molecular weight is 387 g/mol. The first-order chi connectivity index (χ1) is 12.8. The molecule has 0 N–H and O–H groups in total. The van der Waals surface area contributed by atoms with Gasteiger partial charge in [-0.2, -0.15) is 0 Å². The molecule has 1 heterocycles. The van der Waals surface area contributed by atoms with Gasteiger partial charge in [-0.3, -0.25) is 9.10 Å². The first-order valence-electron chi connectivity index (χ1n) is 8.72. The largest absolute Gasteiger partial charge is 0.454 e. The molecule has 6 nitrogen and oxygen atoms in total. The second kappa shape index (κ2) is 7.52. The van der Waals surface area contributed by atoms with E-state index in [1.54, 1.807) is 43.3 Å². The first-order valence-corrected chi connectivity index (χ1v) is 10.3. The van der Waals surface area contributed by atoms with Gasteiger partial charge in [0.05, 0.1) is 17.0 Å². The zero-order valence-corrected chi connectivity index (χ0v) is 16.1. The maximum atomic E-state index is 12.4. The zero-order valence-electron chi connectivity index (χ0n) is 15.3. The monoisotopic (exact) mass is 387 g/mol. The Kier molecular flexibility index (Phi) is 5.32. The Balaban J connectivity index is 1.69. The lowest BCUT2D eigenvalue weighted by atomic mass is 10.1. The van der Waals surface area contributed by atoms with Crippen molar-refractivity contribution in [2.24, 2.45) is 0 Å². The Morgan fingerprint density at radius 2 is 1.89 bits per heavy atom. The standard InChI is InChI=1S/C20H21NO5S/c1-3-27(24,25)21-10-9-15-12-16(7-8-18(15)21)19(22)13-26-20(23)17-6-4-5-14(2)11-17/h4-8,11-12H,3,9-10,13H2,1-2H3. The van der Waals surface area contributed by atoms with Crippen molar-refractivity contribution in [1.29, 1.82) is 0 Å². The Morgan fingerprint density at radius 1 is 1.11 bits per heavy atom. The second-order valence-electron chi connectivity index (χ2n) is 6.43. The molecule has 1 aliphatic heterocycles. The number of hydrogen-bond donors (Lipinski definition) is 0. The van der Waals surface area contributed by atoms with Crippen molar-refractivity contribution in [2.75, 3.05) is 23.2 Å². The van der Waals surface area contributed by atoms with Gasteiger partial charge >= 0.3 is 5.97 Å². The van der Waals surface area contributed by atoms with Crippen molar-refractivity contribution in [3.05, 3.63) is 64.7 Å². The van der Waals surface area contributed by atoms with Crippen LogP contribution in [0.5, 0.6) is 0 Å². The highest BCUT2D eigenvalue weighted by atomic mass is 32.2. The molecular weight excluding hydrogens is 366 g/mol. The van der Waals surface area contributed by atoms with Crippen molar-refractivity contribution in [1.82, 2.24) is 0 Å². The number of rotatable bonds is 6. The summed E-state index contributed by atoms with van der Waals surface area (Å²) in [6, 6.07) is 11.9. The van der Waals surface area contributed by atoms with Gasteiger partial charge in [0.25, 0.3) is 0 Å². The number of esters is 1. The number of sulfonamides is 1. The molecule has 0 bridgehead atoms. The third-order valence-corrected chi connectivity index (χ3v) is 6.32. The van der Waals surface area contributed by atoms with Gasteiger partial charge in [0.1, 0.15) is 0 Å². The van der Waals surface area contributed by atoms with Crippen LogP contribution in [0.15, 0.2) is 42.5 Å². The fourth-order valence-electron chi connectivity index (χ4n) is 3.06. The van der Waals surface area contributed by atoms with E-state index in [0.717, 1.165) is 11.1 Å². The minimum absolute atomic E-state index is 0.0298. The summed E-state index contributed by atoms with van der Waals surface area (Å²) >= 11 is 0. The number of benzene rings is 2. The number of nitrogens with zero attached hydrogens (tertiary/aromatic N) is 1. The lowest BCUT2D eigenvalue weighted by molar-refractivity contribution is 0.0474. The molecular formula is C20H21NO5S. The van der Waals surface area contributed by atoms with Gasteiger partial charge in [0.15, 0.2) is 12.4 Å². The summed E-state index contributed by atoms with van der Waals surface area (Å²) in [5.41, 5.74) is 3.16. The molecule has 0 fully saturated rings. The van der Waals surface area contributed by atoms with Crippen LogP contribution < -0.4 is 4.31 Å². The van der Waals surface area contributed by atoms with Crippen LogP contribution in [0.25, 0.3) is 0 Å². The number of Topliss-reactive ketones (excluding diaryl/α,β-unsaturated/α-hetero) is 1. The number of anilines is 1. The fourth-order valence-corrected chi connectivity index (χ4v) is 4.22. The number of aryl methyl sites for hydroxylation is 1. The van der Waals surface area contributed by atoms with Crippen LogP contribution in [0.3, 0.4) is 0 Å². The third-order valence-electron chi connectivity index (χ3n) is 4.54. The molecule has 0 saturated carbocycles. The summed E-state index contributed by atoms with van der Waals surface area (Å²) < 4.78 is 30.7. The molecule has 0 radical (unpaired) electrons. The predicted molar refractivity (Wildman–Crippen MR) is 103 cm³/mol. The molecule has 0 spiro atoms. The summed E-state index contributed by atoms with van der Waals surface area (Å²) in [6.07, 6.45) is 0.554. The third kappa shape index (κ3) is 4.03. The summed E-state index contributed by atoms with van der Waals surface area (Å²) in [7, 11) is -3.32. The fraction of sp³-hybridized carbons (Fsp3) is 0.300. The molecule has 27 heavy (non-hydrogen) atoms. The topological polar surface area (TPSA) is 80.8 Å². The zero-order chi connectivity index (χ0) is 19.6. The predicted octanol–water partition coefficient (Wildman–Crippen LogP) is 2.75. The van der Waals surface area contributed by atoms with Crippen molar-refractivity contribution < 1.29 is 22.7 Å². The molecule has 0 atom stereocenters. The molecule has 0 aromatic heterocycles. The highest BCUT2D eigenvalue weighted by Gasteiger charge is 2.28. The van der Waals surface area contributed by atoms with E-state index in [2.05, 4.69) is 0 Å². The van der Waals surface area contributed by atoms with E-state index in [0.29, 0.717) is 29.8 Å². The van der Waals surface area contributed by atoms with E-state index >= 15 is 0 Å². The summed E-state index contributed by atoms with van der Waals surface area (Å²) in [6.45, 7) is 3.50. The highest BCUT2D eigenvalue weighted by Crippen LogP contribution is 2.31. The van der Waals surface area contributed by atoms with Crippen LogP contribution in [-0.2, 0) is 21.2 Å². The van der Waals surface area contributed by atoms with Crippen molar-refractivity contribution in [2.45, 2.75) is 20.3 Å². The van der Waals surface area contributed by atoms with Crippen LogP contribution in [0.2, 0.25) is 0 Å². The minimum atomic E-state index is -3.32. The van der Waals surface area contributed by atoms with Crippen LogP contribution >= 0.6 is 0 Å². The van der Waals surface area contributed by atoms with Gasteiger partial charge < -0.3 is 4.74 Å². The number of fused-ring (bicyclic) bond motifs is 1. The quantitative estimate of drug-likeness (QED) is 0.562. The average Bonchev–Trinajstić information content (AvgIpc) is 3.09. The SMILES string of the molecule is CCS(=O)(=O)N1CCc2cc(C(=O)COC(=O)c3cccc(C)c3)ccc21. The number of ether oxygens (including phenoxy) is 1. The van der Waals surface area contributed by atoms with Crippen LogP contribution in [0, 0.1) is 6.92 Å². The van der Waals surface area contributed by atoms with Gasteiger partial charge in [0, 0.05) is 12.1 Å². The molecule has 1 aliphatic rings. The highest BCUT2D eigenvalue weighted by molar-refractivity contribution is 7.92. The smallest absolute Gasteiger partial charge is 0.338 e. The van der Waals surface area contributed by atoms with Crippen molar-refractivity contribution in [3.8, 4) is 0 Å². The van der Waals surface area contributed by atoms with E-state index < -0.39 is 16.0 Å². The maximum Gasteiger partial charge on any atom is 0.338 e. The lowest BCUT2D eigenvalue weighted by Gasteiger charge is -2.18. The summed E-state index contributed by atoms with van der Waals surface area (Å²) in [5, 5.41) is 0. The van der Waals surface area contributed by atoms with Gasteiger partial charge in [-0.25, -0.2) is 13.2 Å². The van der Waals surface area contributed by atoms with Gasteiger partial charge in [-0.05, 0) is 56.2 Å². The molecule has 0 saturated heterocycles. The Hall–Kier alpha value is -2.67. The normalized spacial score (nSPS) is 13.3. The number of hydrogen-bond acceptors (Lipinski definition) is 5. The molecule has 3 rings (SSSR count). The van der Waals surface area contributed by atoms with Crippen LogP contribution in [0.1, 0.15) is 38.8 Å². The number of carbonyl (C=O) groups excluding carboxylic acids is 2. The lowest BCUT2D eigenvalue weighted by Crippen LogP contribution is -2.30. The van der Waals surface area contributed by atoms with E-state index in [1.807, 2.05) is 13.0 Å². The summed E-state index contributed by atoms with van der Waals surface area (Å²) in [5.74, 6) is -0.841. The summed E-state index contributed by atoms with van der Waals surface area (Å²) in [4.78, 5) is 24.4. The molecule has 2 aromatic carbocycles. The van der Waals surface area contributed by atoms with Gasteiger partial charge in [-0.15, -0.1) is 0 Å². The van der Waals surface area contributed by atoms with E-state index in [-0.39, 0.29) is 18.1 Å². The Bertz CT molecular complexity index is 997. The molecule has 7 heteroatoms. The molecule has 0 aliphatic carbocycles. The molecule has 2 aromatic rings. The molecule has 142 valence electrons. The van der Waals surface area contributed by atoms with Crippen LogP contribution in [-0.4, -0.2) is 39.1 Å². The van der Waals surface area contributed by atoms with Crippen molar-refractivity contribution in [3.63, 3.8) is 0 Å². The van der Waals surface area contributed by atoms with Crippen LogP contribution in [0.4, 0.5) is 5.69 Å². The van der Waals surface area contributed by atoms with E-state index in [9.17, 15) is 18.0 Å². The van der Waals surface area contributed by atoms with E-state index in [4.69, 9.17) is 4.74 Å². The number of carbonyl (C=O) groups is 2. The Morgan fingerprint density at radius 3 is 2.59 bits per heavy atom. The second-order valence-corrected chi connectivity index (χ2v) is 8.62. The van der Waals surface area contributed by atoms with Gasteiger partial charge in [-0.1, -0.05) is 17.7 Å². The minimum Gasteiger partial charge on any atom is -0.454 e. The van der Waals surface area contributed by atoms with Gasteiger partial charge in [0.2, 0.25) is 10.0 Å². The Labute approximate surface area is 158 Å². The maximum absolute atomic E-state index is 12.4. The molecule has 0 amide bonds. The molecule has 0 unspecified atom stereocenters. The first kappa shape index (κ1) is 19.1.